The second kappa shape index (κ2) is 14.9. The number of halogens is 2. The number of benzene rings is 1. The maximum Gasteiger partial charge on any atom is 0.459 e. The van der Waals surface area contributed by atoms with Crippen molar-refractivity contribution in [2.45, 2.75) is 81.2 Å². The SMILES string of the molecule is CCCCO[C@@H]1[C@@H](COP(=O)(N[C@@H](C)C(=O)OC(I)CC)Oc2ccccc2)O[C@@H](n2ccc(=O)[nH]c2=O)[C@]1(C)F. The number of hydrogen-bond acceptors (Lipinski definition) is 9. The average molecular weight is 711 g/mol. The van der Waals surface area contributed by atoms with Gasteiger partial charge in [0.05, 0.1) is 6.61 Å². The van der Waals surface area contributed by atoms with Crippen LogP contribution < -0.4 is 20.9 Å². The third kappa shape index (κ3) is 8.94. The van der Waals surface area contributed by atoms with Crippen molar-refractivity contribution in [2.24, 2.45) is 0 Å². The molecule has 1 aromatic heterocycles. The molecule has 0 bridgehead atoms. The minimum atomic E-state index is -4.29. The quantitative estimate of drug-likeness (QED) is 0.0905. The predicted octanol–water partition coefficient (Wildman–Crippen LogP) is 4.24. The number of para-hydroxylation sites is 1. The molecule has 2 aromatic rings. The van der Waals surface area contributed by atoms with Crippen LogP contribution in [-0.4, -0.2) is 56.8 Å². The molecule has 2 heterocycles. The first kappa shape index (κ1) is 33.4. The highest BCUT2D eigenvalue weighted by Crippen LogP contribution is 2.48. The number of nitrogens with zero attached hydrogens (tertiary/aromatic N) is 1. The fourth-order valence-electron chi connectivity index (χ4n) is 4.06. The average Bonchev–Trinajstić information content (AvgIpc) is 3.17. The summed E-state index contributed by atoms with van der Waals surface area (Å²) >= 11 is 1.97. The van der Waals surface area contributed by atoms with Gasteiger partial charge in [-0.1, -0.05) is 38.5 Å². The number of ether oxygens (including phenoxy) is 3. The molecule has 0 saturated carbocycles. The number of H-pyrrole nitrogens is 1. The van der Waals surface area contributed by atoms with E-state index in [0.29, 0.717) is 12.8 Å². The van der Waals surface area contributed by atoms with Crippen molar-refractivity contribution in [3.63, 3.8) is 0 Å². The Balaban J connectivity index is 1.87. The second-order valence-corrected chi connectivity index (χ2v) is 12.7. The number of unbranched alkanes of at least 4 members (excludes halogenated alkanes) is 1. The zero-order chi connectivity index (χ0) is 30.2. The van der Waals surface area contributed by atoms with Crippen molar-refractivity contribution < 1.29 is 37.0 Å². The zero-order valence-electron chi connectivity index (χ0n) is 23.3. The van der Waals surface area contributed by atoms with Crippen LogP contribution in [0.25, 0.3) is 0 Å². The van der Waals surface area contributed by atoms with Crippen LogP contribution in [0.15, 0.2) is 52.2 Å². The normalized spacial score (nSPS) is 25.3. The summed E-state index contributed by atoms with van der Waals surface area (Å²) in [4.78, 5) is 38.7. The fourth-order valence-corrected chi connectivity index (χ4v) is 5.81. The van der Waals surface area contributed by atoms with Gasteiger partial charge in [-0.3, -0.25) is 23.7 Å². The molecule has 1 aliphatic heterocycles. The Bertz CT molecular complexity index is 1310. The van der Waals surface area contributed by atoms with Gasteiger partial charge in [-0.25, -0.2) is 13.8 Å². The molecule has 0 aliphatic carbocycles. The summed E-state index contributed by atoms with van der Waals surface area (Å²) in [5.41, 5.74) is -3.77. The van der Waals surface area contributed by atoms with E-state index in [-0.39, 0.29) is 16.5 Å². The number of rotatable bonds is 15. The van der Waals surface area contributed by atoms with E-state index in [1.54, 1.807) is 30.3 Å². The molecule has 0 amide bonds. The first-order valence-corrected chi connectivity index (χ1v) is 16.1. The smallest absolute Gasteiger partial charge is 0.451 e. The largest absolute Gasteiger partial charge is 0.459 e. The molecule has 1 saturated heterocycles. The van der Waals surface area contributed by atoms with E-state index in [1.807, 2.05) is 36.4 Å². The van der Waals surface area contributed by atoms with Gasteiger partial charge in [-0.15, -0.1) is 0 Å². The number of aromatic amines is 1. The summed E-state index contributed by atoms with van der Waals surface area (Å²) in [5.74, 6) is -0.473. The van der Waals surface area contributed by atoms with Crippen LogP contribution in [0, 0.1) is 0 Å². The van der Waals surface area contributed by atoms with Crippen molar-refractivity contribution in [3.8, 4) is 5.75 Å². The highest BCUT2D eigenvalue weighted by Gasteiger charge is 2.57. The highest BCUT2D eigenvalue weighted by molar-refractivity contribution is 14.1. The Morgan fingerprint density at radius 3 is 2.61 bits per heavy atom. The Kier molecular flexibility index (Phi) is 12.1. The third-order valence-corrected chi connectivity index (χ3v) is 9.01. The van der Waals surface area contributed by atoms with Crippen molar-refractivity contribution in [1.82, 2.24) is 14.6 Å². The molecular weight excluding hydrogens is 675 g/mol. The van der Waals surface area contributed by atoms with Gasteiger partial charge < -0.3 is 18.7 Å². The molecule has 12 nitrogen and oxygen atoms in total. The van der Waals surface area contributed by atoms with Gasteiger partial charge in [0.1, 0.15) is 24.0 Å². The molecule has 0 spiro atoms. The van der Waals surface area contributed by atoms with Crippen LogP contribution in [0.2, 0.25) is 0 Å². The van der Waals surface area contributed by atoms with Crippen molar-refractivity contribution >= 4 is 36.3 Å². The number of nitrogens with one attached hydrogen (secondary N) is 2. The Morgan fingerprint density at radius 1 is 1.27 bits per heavy atom. The topological polar surface area (TPSA) is 147 Å². The Labute approximate surface area is 251 Å². The van der Waals surface area contributed by atoms with E-state index in [1.165, 1.54) is 13.8 Å². The molecular formula is C26H36FIN3O9P. The highest BCUT2D eigenvalue weighted by atomic mass is 127. The monoisotopic (exact) mass is 711 g/mol. The summed E-state index contributed by atoms with van der Waals surface area (Å²) in [6.45, 7) is 6.17. The summed E-state index contributed by atoms with van der Waals surface area (Å²) < 4.78 is 59.2. The van der Waals surface area contributed by atoms with Gasteiger partial charge in [-0.2, -0.15) is 5.09 Å². The van der Waals surface area contributed by atoms with Gasteiger partial charge in [0, 0.05) is 18.9 Å². The molecule has 41 heavy (non-hydrogen) atoms. The molecule has 2 unspecified atom stereocenters. The van der Waals surface area contributed by atoms with Crippen LogP contribution in [0.4, 0.5) is 4.39 Å². The zero-order valence-corrected chi connectivity index (χ0v) is 26.3. The lowest BCUT2D eigenvalue weighted by Crippen LogP contribution is -2.45. The van der Waals surface area contributed by atoms with E-state index < -0.39 is 61.7 Å². The maximum atomic E-state index is 16.3. The fraction of sp³-hybridized carbons (Fsp3) is 0.577. The van der Waals surface area contributed by atoms with Crippen LogP contribution in [-0.2, 0) is 28.1 Å². The van der Waals surface area contributed by atoms with E-state index in [4.69, 9.17) is 23.3 Å². The third-order valence-electron chi connectivity index (χ3n) is 6.23. The Hall–Kier alpha value is -2.10. The van der Waals surface area contributed by atoms with Gasteiger partial charge in [-0.05, 0) is 61.4 Å². The molecule has 1 aliphatic rings. The Morgan fingerprint density at radius 2 is 1.98 bits per heavy atom. The predicted molar refractivity (Wildman–Crippen MR) is 157 cm³/mol. The number of carbonyl (C=O) groups is 1. The number of alkyl halides is 2. The summed E-state index contributed by atoms with van der Waals surface area (Å²) in [7, 11) is -4.29. The molecule has 2 N–H and O–H groups in total. The van der Waals surface area contributed by atoms with Gasteiger partial charge in [0.2, 0.25) is 0 Å². The minimum absolute atomic E-state index is 0.195. The molecule has 3 rings (SSSR count). The molecule has 0 radical (unpaired) electrons. The first-order valence-electron chi connectivity index (χ1n) is 13.3. The number of aromatic nitrogens is 2. The lowest BCUT2D eigenvalue weighted by Gasteiger charge is -2.28. The lowest BCUT2D eigenvalue weighted by atomic mass is 9.98. The minimum Gasteiger partial charge on any atom is -0.451 e. The van der Waals surface area contributed by atoms with E-state index in [0.717, 1.165) is 23.3 Å². The van der Waals surface area contributed by atoms with Crippen molar-refractivity contribution in [2.75, 3.05) is 13.2 Å². The lowest BCUT2D eigenvalue weighted by molar-refractivity contribution is -0.146. The molecule has 228 valence electrons. The van der Waals surface area contributed by atoms with Crippen molar-refractivity contribution in [1.29, 1.82) is 0 Å². The van der Waals surface area contributed by atoms with E-state index in [2.05, 4.69) is 10.1 Å². The van der Waals surface area contributed by atoms with Crippen molar-refractivity contribution in [3.05, 3.63) is 63.4 Å². The summed E-state index contributed by atoms with van der Waals surface area (Å²) in [6.07, 6.45) is -0.752. The molecule has 15 heteroatoms. The van der Waals surface area contributed by atoms with Crippen LogP contribution in [0.3, 0.4) is 0 Å². The molecule has 1 fully saturated rings. The van der Waals surface area contributed by atoms with E-state index in [9.17, 15) is 18.9 Å². The van der Waals surface area contributed by atoms with Crippen LogP contribution in [0.1, 0.15) is 53.2 Å². The number of esters is 1. The number of carbonyl (C=O) groups excluding carboxylic acids is 1. The first-order chi connectivity index (χ1) is 19.4. The van der Waals surface area contributed by atoms with Crippen LogP contribution in [0.5, 0.6) is 5.75 Å². The van der Waals surface area contributed by atoms with Crippen LogP contribution >= 0.6 is 30.3 Å². The summed E-state index contributed by atoms with van der Waals surface area (Å²) in [6, 6.07) is 8.16. The summed E-state index contributed by atoms with van der Waals surface area (Å²) in [5, 5.41) is 2.59. The number of hydrogen-bond donors (Lipinski definition) is 2. The molecule has 7 atom stereocenters. The van der Waals surface area contributed by atoms with E-state index >= 15 is 4.39 Å². The van der Waals surface area contributed by atoms with Gasteiger partial charge in [0.25, 0.3) is 5.56 Å². The second-order valence-electron chi connectivity index (χ2n) is 9.64. The molecule has 1 aromatic carbocycles. The maximum absolute atomic E-state index is 16.3. The van der Waals surface area contributed by atoms with Gasteiger partial charge >= 0.3 is 19.4 Å². The standard InChI is InChI=1S/C26H36FIN3O9P/c1-5-7-15-36-22-19(38-24(26(22,4)27)31-14-13-21(32)29-25(31)34)16-37-41(35,40-18-11-9-8-10-12-18)30-17(3)23(33)39-20(28)6-2/h8-14,17,19-20,22,24H,5-7,15-16H2,1-4H3,(H,30,35)(H,29,32,34)/t17-,19+,20?,22+,24+,26+,41?/m0/s1. The van der Waals surface area contributed by atoms with Gasteiger partial charge in [0.15, 0.2) is 16.0 Å².